The molecule has 0 aromatic carbocycles. The predicted octanol–water partition coefficient (Wildman–Crippen LogP) is 10.5. The molecule has 4 N–H and O–H groups in total. The van der Waals surface area contributed by atoms with Crippen LogP contribution >= 0.6 is 0 Å². The first-order valence-electron chi connectivity index (χ1n) is 24.6. The second kappa shape index (κ2) is 21.9. The summed E-state index contributed by atoms with van der Waals surface area (Å²) >= 11 is 0. The average molecular weight is 889 g/mol. The number of hydrogen-bond donors (Lipinski definition) is 4. The number of aromatic amines is 3. The highest BCUT2D eigenvalue weighted by atomic mass is 16.5. The van der Waals surface area contributed by atoms with Crippen molar-refractivity contribution in [3.63, 3.8) is 0 Å². The average Bonchev–Trinajstić information content (AvgIpc) is 4.02. The maximum Gasteiger partial charge on any atom is 0.321 e. The van der Waals surface area contributed by atoms with E-state index in [0.29, 0.717) is 57.8 Å². The quantitative estimate of drug-likeness (QED) is 0.0360. The molecule has 0 saturated carbocycles. The van der Waals surface area contributed by atoms with E-state index in [1.165, 1.54) is 57.6 Å². The highest BCUT2D eigenvalue weighted by molar-refractivity contribution is 6.24. The largest absolute Gasteiger partial charge is 0.468 e. The molecule has 352 valence electrons. The number of ketones is 1. The van der Waals surface area contributed by atoms with Gasteiger partial charge in [0.25, 0.3) is 0 Å². The van der Waals surface area contributed by atoms with Crippen molar-refractivity contribution in [2.75, 3.05) is 13.7 Å². The SMILES string of the molecule is CCc1c2[nH]c(c1C)/C=C1\N/C(=C3\c4[nH]c(c(C)c4C(=O)[C@@H]3C(=O)OC)/C=c3\[nH]/c(c(C=O)c3CC)=C\2)[C@@H](CCC(=O)OC/C=C(/C)CCC[C@@H](C)CCC[C@H](C)CCCC(C)C)[C@@H]1C. The topological polar surface area (TPSA) is 146 Å². The smallest absolute Gasteiger partial charge is 0.321 e. The molecule has 3 aromatic rings. The Bertz CT molecular complexity index is 2470. The van der Waals surface area contributed by atoms with Gasteiger partial charge < -0.3 is 29.7 Å². The van der Waals surface area contributed by atoms with Gasteiger partial charge in [-0.1, -0.05) is 99.0 Å². The number of allylic oxidation sites excluding steroid dienone is 3. The minimum atomic E-state index is -1.18. The number of Topliss-reactive ketones (excluding diaryl/α,β-unsaturated/α-hetero) is 1. The number of fused-ring (bicyclic) bond motifs is 7. The number of carbonyl (C=O) groups excluding carboxylic acids is 4. The number of aldehydes is 1. The van der Waals surface area contributed by atoms with Gasteiger partial charge in [0, 0.05) is 68.8 Å². The lowest BCUT2D eigenvalue weighted by Gasteiger charge is -2.19. The molecule has 1 saturated heterocycles. The van der Waals surface area contributed by atoms with Crippen molar-refractivity contribution in [1.29, 1.82) is 0 Å². The van der Waals surface area contributed by atoms with Gasteiger partial charge in [0.2, 0.25) is 0 Å². The number of methoxy groups -OCH3 is 1. The molecular weight excluding hydrogens is 813 g/mol. The van der Waals surface area contributed by atoms with Gasteiger partial charge in [0.15, 0.2) is 12.1 Å². The van der Waals surface area contributed by atoms with Crippen LogP contribution in [0.3, 0.4) is 0 Å². The Hall–Kier alpha value is -5.12. The molecule has 8 bridgehead atoms. The van der Waals surface area contributed by atoms with E-state index in [1.807, 2.05) is 32.1 Å². The number of ether oxygens (including phenoxy) is 2. The van der Waals surface area contributed by atoms with Crippen molar-refractivity contribution >= 4 is 47.8 Å². The van der Waals surface area contributed by atoms with Gasteiger partial charge >= 0.3 is 11.9 Å². The van der Waals surface area contributed by atoms with Crippen LogP contribution in [-0.2, 0) is 31.9 Å². The van der Waals surface area contributed by atoms with E-state index in [1.54, 1.807) is 0 Å². The first-order chi connectivity index (χ1) is 31.1. The second-order valence-electron chi connectivity index (χ2n) is 19.8. The van der Waals surface area contributed by atoms with Gasteiger partial charge in [-0.25, -0.2) is 0 Å². The summed E-state index contributed by atoms with van der Waals surface area (Å²) < 4.78 is 11.1. The van der Waals surface area contributed by atoms with Crippen LogP contribution in [0.15, 0.2) is 23.0 Å². The Balaban J connectivity index is 1.23. The number of rotatable bonds is 21. The predicted molar refractivity (Wildman–Crippen MR) is 262 cm³/mol. The van der Waals surface area contributed by atoms with Crippen LogP contribution in [0.2, 0.25) is 0 Å². The normalized spacial score (nSPS) is 21.8. The fraction of sp³-hybridized carbons (Fsp3) is 0.564. The van der Waals surface area contributed by atoms with Crippen LogP contribution in [0.5, 0.6) is 0 Å². The van der Waals surface area contributed by atoms with Crippen LogP contribution in [-0.4, -0.2) is 52.7 Å². The lowest BCUT2D eigenvalue weighted by Crippen LogP contribution is -2.25. The first-order valence-corrected chi connectivity index (χ1v) is 24.6. The minimum Gasteiger partial charge on any atom is -0.468 e. The zero-order chi connectivity index (χ0) is 47.1. The van der Waals surface area contributed by atoms with Crippen LogP contribution in [0.1, 0.15) is 192 Å². The summed E-state index contributed by atoms with van der Waals surface area (Å²) in [6, 6.07) is 0. The summed E-state index contributed by atoms with van der Waals surface area (Å²) in [5, 5.41) is 5.18. The van der Waals surface area contributed by atoms with Crippen molar-refractivity contribution in [3.05, 3.63) is 89.9 Å². The standard InChI is InChI=1S/C55H76N4O6/c1-12-38-35(8)42-27-43-36(9)40(23-24-48(61)65-26-25-34(7)22-16-21-33(6)20-15-19-32(5)18-14-17-31(3)4)52(58-43)50-51(55(63)64-11)54(62)49-37(10)44(59-53(49)50)28-46-39(13-2)41(30-60)47(57-46)29-45(38)56-42/h25,27-33,36,40,51,56-59H,12-24,26H2,1-11H3/b34-25-,43-27-,46-28-,47-29-,52-50-/t32-,33+,36+,40+,51-/m1/s1. The molecule has 1 aliphatic carbocycles. The lowest BCUT2D eigenvalue weighted by molar-refractivity contribution is -0.143. The summed E-state index contributed by atoms with van der Waals surface area (Å²) in [4.78, 5) is 64.8. The van der Waals surface area contributed by atoms with Gasteiger partial charge in [-0.3, -0.25) is 19.2 Å². The molecule has 1 fully saturated rings. The highest BCUT2D eigenvalue weighted by Gasteiger charge is 2.48. The van der Waals surface area contributed by atoms with E-state index < -0.39 is 11.9 Å². The maximum absolute atomic E-state index is 14.4. The third-order valence-corrected chi connectivity index (χ3v) is 14.7. The second-order valence-corrected chi connectivity index (χ2v) is 19.8. The Morgan fingerprint density at radius 2 is 1.45 bits per heavy atom. The van der Waals surface area contributed by atoms with E-state index in [9.17, 15) is 19.2 Å². The molecule has 3 aliphatic rings. The number of nitrogens with one attached hydrogen (secondary N) is 4. The van der Waals surface area contributed by atoms with Crippen molar-refractivity contribution in [2.45, 2.75) is 153 Å². The molecule has 6 rings (SSSR count). The number of esters is 2. The molecule has 3 aromatic heterocycles. The van der Waals surface area contributed by atoms with Crippen LogP contribution in [0.4, 0.5) is 0 Å². The molecule has 65 heavy (non-hydrogen) atoms. The zero-order valence-corrected chi connectivity index (χ0v) is 41.2. The Morgan fingerprint density at radius 3 is 2.09 bits per heavy atom. The molecule has 0 unspecified atom stereocenters. The summed E-state index contributed by atoms with van der Waals surface area (Å²) in [7, 11) is 1.31. The molecule has 0 spiro atoms. The molecular formula is C55H76N4O6. The molecule has 2 aliphatic heterocycles. The fourth-order valence-electron chi connectivity index (χ4n) is 10.6. The highest BCUT2D eigenvalue weighted by Crippen LogP contribution is 2.48. The van der Waals surface area contributed by atoms with E-state index >= 15 is 0 Å². The van der Waals surface area contributed by atoms with Crippen LogP contribution < -0.4 is 16.0 Å². The third-order valence-electron chi connectivity index (χ3n) is 14.7. The molecule has 0 amide bonds. The molecule has 5 heterocycles. The molecule has 10 heteroatoms. The van der Waals surface area contributed by atoms with E-state index in [4.69, 9.17) is 9.47 Å². The van der Waals surface area contributed by atoms with Gasteiger partial charge in [-0.05, 0) is 117 Å². The maximum atomic E-state index is 14.4. The van der Waals surface area contributed by atoms with Crippen LogP contribution in [0, 0.1) is 49.4 Å². The number of hydrogen-bond acceptors (Lipinski definition) is 7. The third kappa shape index (κ3) is 11.0. The van der Waals surface area contributed by atoms with Gasteiger partial charge in [0.1, 0.15) is 12.5 Å². The summed E-state index contributed by atoms with van der Waals surface area (Å²) in [5.74, 6) is -0.445. The Kier molecular flexibility index (Phi) is 16.6. The van der Waals surface area contributed by atoms with Crippen LogP contribution in [0.25, 0.3) is 23.8 Å². The van der Waals surface area contributed by atoms with Gasteiger partial charge in [-0.15, -0.1) is 0 Å². The molecule has 5 atom stereocenters. The van der Waals surface area contributed by atoms with E-state index in [-0.39, 0.29) is 36.6 Å². The number of carbonyl (C=O) groups is 4. The lowest BCUT2D eigenvalue weighted by atomic mass is 9.85. The van der Waals surface area contributed by atoms with Gasteiger partial charge in [0.05, 0.1) is 18.2 Å². The summed E-state index contributed by atoms with van der Waals surface area (Å²) in [6.07, 6.45) is 22.3. The number of H-pyrrole nitrogens is 3. The minimum absolute atomic E-state index is 0.109. The van der Waals surface area contributed by atoms with E-state index in [2.05, 4.69) is 81.7 Å². The van der Waals surface area contributed by atoms with Crippen molar-refractivity contribution in [1.82, 2.24) is 20.3 Å². The Labute approximate surface area is 387 Å². The number of aromatic nitrogens is 3. The molecule has 0 radical (unpaired) electrons. The van der Waals surface area contributed by atoms with Crippen molar-refractivity contribution in [2.24, 2.45) is 35.5 Å². The fourth-order valence-corrected chi connectivity index (χ4v) is 10.6. The molecule has 10 nitrogen and oxygen atoms in total. The zero-order valence-electron chi connectivity index (χ0n) is 41.2. The summed E-state index contributed by atoms with van der Waals surface area (Å²) in [5.41, 5.74) is 11.4. The monoisotopic (exact) mass is 889 g/mol. The Morgan fingerprint density at radius 1 is 0.800 bits per heavy atom. The summed E-state index contributed by atoms with van der Waals surface area (Å²) in [6.45, 7) is 22.0. The van der Waals surface area contributed by atoms with E-state index in [0.717, 1.165) is 82.2 Å². The van der Waals surface area contributed by atoms with Crippen molar-refractivity contribution < 1.29 is 28.7 Å². The first kappa shape index (κ1) is 49.3. The van der Waals surface area contributed by atoms with Gasteiger partial charge in [-0.2, -0.15) is 0 Å². The van der Waals surface area contributed by atoms with Crippen molar-refractivity contribution in [3.8, 4) is 0 Å².